The molecule has 11 heteroatoms. The second kappa shape index (κ2) is 7.93. The molecule has 1 aromatic carbocycles. The van der Waals surface area contributed by atoms with Gasteiger partial charge in [-0.05, 0) is 49.8 Å². The Bertz CT molecular complexity index is 1160. The van der Waals surface area contributed by atoms with Crippen molar-refractivity contribution in [2.24, 2.45) is 5.92 Å². The summed E-state index contributed by atoms with van der Waals surface area (Å²) < 4.78 is 42.4. The van der Waals surface area contributed by atoms with Gasteiger partial charge in [-0.15, -0.1) is 10.2 Å². The lowest BCUT2D eigenvalue weighted by atomic mass is 9.85. The minimum atomic E-state index is -4.30. The number of H-pyrrole nitrogens is 1. The molecule has 2 aliphatic heterocycles. The minimum Gasteiger partial charge on any atom is -0.507 e. The minimum absolute atomic E-state index is 0.0145. The Morgan fingerprint density at radius 2 is 1.88 bits per heavy atom. The van der Waals surface area contributed by atoms with Crippen LogP contribution in [0.25, 0.3) is 22.5 Å². The molecule has 1 saturated carbocycles. The van der Waals surface area contributed by atoms with Crippen LogP contribution in [0.15, 0.2) is 36.8 Å². The molecular formula is C23H24F3N7O. The predicted molar refractivity (Wildman–Crippen MR) is 118 cm³/mol. The van der Waals surface area contributed by atoms with Crippen LogP contribution in [0.1, 0.15) is 32.1 Å². The van der Waals surface area contributed by atoms with Crippen LogP contribution in [0.5, 0.6) is 5.75 Å². The summed E-state index contributed by atoms with van der Waals surface area (Å²) in [5, 5.41) is 28.8. The lowest BCUT2D eigenvalue weighted by Crippen LogP contribution is -2.60. The van der Waals surface area contributed by atoms with E-state index >= 15 is 0 Å². The Morgan fingerprint density at radius 3 is 2.53 bits per heavy atom. The molecule has 2 bridgehead atoms. The molecule has 4 heterocycles. The highest BCUT2D eigenvalue weighted by Gasteiger charge is 2.57. The van der Waals surface area contributed by atoms with E-state index in [1.54, 1.807) is 24.5 Å². The van der Waals surface area contributed by atoms with E-state index in [0.717, 1.165) is 30.4 Å². The molecular weight excluding hydrogens is 447 g/mol. The number of nitrogens with one attached hydrogen (secondary N) is 2. The van der Waals surface area contributed by atoms with E-state index in [2.05, 4.69) is 30.7 Å². The zero-order valence-corrected chi connectivity index (χ0v) is 18.2. The van der Waals surface area contributed by atoms with Crippen LogP contribution in [-0.4, -0.2) is 60.8 Å². The van der Waals surface area contributed by atoms with Crippen molar-refractivity contribution < 1.29 is 18.3 Å². The summed E-state index contributed by atoms with van der Waals surface area (Å²) >= 11 is 0. The fraction of sp³-hybridized carbons (Fsp3) is 0.478. The number of aromatic nitrogens is 5. The van der Waals surface area contributed by atoms with Gasteiger partial charge < -0.3 is 15.3 Å². The first kappa shape index (κ1) is 21.3. The van der Waals surface area contributed by atoms with Crippen LogP contribution in [0.4, 0.5) is 19.0 Å². The molecule has 2 saturated heterocycles. The number of alkyl halides is 3. The van der Waals surface area contributed by atoms with E-state index in [1.165, 1.54) is 6.20 Å². The molecule has 6 rings (SSSR count). The Morgan fingerprint density at radius 1 is 1.03 bits per heavy atom. The number of benzene rings is 1. The van der Waals surface area contributed by atoms with E-state index in [9.17, 15) is 18.3 Å². The third kappa shape index (κ3) is 3.77. The predicted octanol–water partition coefficient (Wildman–Crippen LogP) is 3.67. The summed E-state index contributed by atoms with van der Waals surface area (Å²) in [5.74, 6) is -0.887. The first-order valence-corrected chi connectivity index (χ1v) is 11.5. The van der Waals surface area contributed by atoms with E-state index in [-0.39, 0.29) is 23.7 Å². The van der Waals surface area contributed by atoms with Gasteiger partial charge in [0.15, 0.2) is 11.6 Å². The first-order valence-electron chi connectivity index (χ1n) is 11.5. The average Bonchev–Trinajstić information content (AvgIpc) is 3.34. The Labute approximate surface area is 193 Å². The second-order valence-electron chi connectivity index (χ2n) is 9.42. The number of anilines is 1. The van der Waals surface area contributed by atoms with Gasteiger partial charge in [0, 0.05) is 35.9 Å². The standard InChI is InChI=1S/C23H24F3N7O/c24-23(25,26)21-17-6-2-14(30-17)8-18(21)33(15-3-4-15)20-11-27-22(32-31-20)16-5-1-12(7-19(16)34)13-9-28-29-10-13/h1,5,7,9-11,14-15,17-18,21,30,34H,2-4,6,8H2,(H,28,29)/t14-,17+,18-,21+/m0/s1. The van der Waals surface area contributed by atoms with Crippen LogP contribution in [0.2, 0.25) is 0 Å². The van der Waals surface area contributed by atoms with E-state index in [4.69, 9.17) is 0 Å². The van der Waals surface area contributed by atoms with Crippen LogP contribution >= 0.6 is 0 Å². The normalized spacial score (nSPS) is 26.6. The van der Waals surface area contributed by atoms with Gasteiger partial charge in [-0.2, -0.15) is 18.3 Å². The molecule has 8 nitrogen and oxygen atoms in total. The zero-order valence-electron chi connectivity index (χ0n) is 18.2. The smallest absolute Gasteiger partial charge is 0.395 e. The topological polar surface area (TPSA) is 103 Å². The monoisotopic (exact) mass is 471 g/mol. The summed E-state index contributed by atoms with van der Waals surface area (Å²) in [6, 6.07) is 3.97. The maximum atomic E-state index is 14.1. The maximum absolute atomic E-state index is 14.1. The highest BCUT2D eigenvalue weighted by molar-refractivity contribution is 5.72. The third-order valence-corrected chi connectivity index (χ3v) is 7.21. The maximum Gasteiger partial charge on any atom is 0.395 e. The van der Waals surface area contributed by atoms with Gasteiger partial charge >= 0.3 is 6.18 Å². The Hall–Kier alpha value is -3.21. The fourth-order valence-electron chi connectivity index (χ4n) is 5.56. The number of hydrogen-bond donors (Lipinski definition) is 3. The van der Waals surface area contributed by atoms with Gasteiger partial charge in [-0.25, -0.2) is 4.98 Å². The van der Waals surface area contributed by atoms with Crippen LogP contribution in [0.3, 0.4) is 0 Å². The summed E-state index contributed by atoms with van der Waals surface area (Å²) in [7, 11) is 0. The number of nitrogens with zero attached hydrogens (tertiary/aromatic N) is 5. The summed E-state index contributed by atoms with van der Waals surface area (Å²) in [4.78, 5) is 6.19. The number of phenols is 1. The molecule has 4 atom stereocenters. The average molecular weight is 471 g/mol. The molecule has 3 fully saturated rings. The number of rotatable bonds is 5. The molecule has 34 heavy (non-hydrogen) atoms. The fourth-order valence-corrected chi connectivity index (χ4v) is 5.56. The number of halogens is 3. The van der Waals surface area contributed by atoms with E-state index in [0.29, 0.717) is 24.2 Å². The van der Waals surface area contributed by atoms with Crippen LogP contribution in [-0.2, 0) is 0 Å². The van der Waals surface area contributed by atoms with Gasteiger partial charge in [0.25, 0.3) is 0 Å². The number of fused-ring (bicyclic) bond motifs is 2. The van der Waals surface area contributed by atoms with Crippen molar-refractivity contribution in [3.05, 3.63) is 36.8 Å². The number of hydrogen-bond acceptors (Lipinski definition) is 7. The molecule has 3 N–H and O–H groups in total. The second-order valence-corrected chi connectivity index (χ2v) is 9.42. The highest BCUT2D eigenvalue weighted by atomic mass is 19.4. The van der Waals surface area contributed by atoms with Crippen molar-refractivity contribution in [2.45, 2.75) is 62.4 Å². The Balaban J connectivity index is 1.30. The molecule has 3 aromatic rings. The Kier molecular flexibility index (Phi) is 4.98. The van der Waals surface area contributed by atoms with E-state index < -0.39 is 24.2 Å². The van der Waals surface area contributed by atoms with Crippen molar-refractivity contribution in [1.82, 2.24) is 30.7 Å². The molecule has 0 amide bonds. The molecule has 0 spiro atoms. The van der Waals surface area contributed by atoms with Gasteiger partial charge in [-0.1, -0.05) is 6.07 Å². The third-order valence-electron chi connectivity index (χ3n) is 7.21. The van der Waals surface area contributed by atoms with Gasteiger partial charge in [0.2, 0.25) is 0 Å². The van der Waals surface area contributed by atoms with Crippen molar-refractivity contribution in [3.63, 3.8) is 0 Å². The number of phenolic OH excluding ortho intramolecular Hbond substituents is 1. The van der Waals surface area contributed by atoms with Crippen LogP contribution < -0.4 is 10.2 Å². The van der Waals surface area contributed by atoms with E-state index in [1.807, 2.05) is 11.0 Å². The number of aromatic amines is 1. The molecule has 0 unspecified atom stereocenters. The van der Waals surface area contributed by atoms with Crippen molar-refractivity contribution in [3.8, 4) is 28.3 Å². The highest BCUT2D eigenvalue weighted by Crippen LogP contribution is 2.47. The van der Waals surface area contributed by atoms with Crippen molar-refractivity contribution in [1.29, 1.82) is 0 Å². The number of piperidine rings is 1. The SMILES string of the molecule is Oc1cc(-c2cn[nH]c2)ccc1-c1ncc(N(C2CC2)[C@H]2C[C@@H]3CC[C@@H](N3)[C@H]2C(F)(F)F)nn1. The lowest BCUT2D eigenvalue weighted by molar-refractivity contribution is -0.191. The molecule has 3 aliphatic rings. The molecule has 0 radical (unpaired) electrons. The van der Waals surface area contributed by atoms with Gasteiger partial charge in [0.1, 0.15) is 5.75 Å². The van der Waals surface area contributed by atoms with Gasteiger partial charge in [0.05, 0.1) is 23.9 Å². The summed E-state index contributed by atoms with van der Waals surface area (Å²) in [6.07, 6.45) is 3.97. The molecule has 178 valence electrons. The molecule has 2 aromatic heterocycles. The van der Waals surface area contributed by atoms with Crippen molar-refractivity contribution in [2.75, 3.05) is 4.90 Å². The first-order chi connectivity index (χ1) is 16.4. The molecule has 1 aliphatic carbocycles. The summed E-state index contributed by atoms with van der Waals surface area (Å²) in [6.45, 7) is 0. The van der Waals surface area contributed by atoms with Gasteiger partial charge in [-0.3, -0.25) is 5.10 Å². The van der Waals surface area contributed by atoms with Crippen LogP contribution in [0, 0.1) is 5.92 Å². The zero-order chi connectivity index (χ0) is 23.4. The number of aromatic hydroxyl groups is 1. The summed E-state index contributed by atoms with van der Waals surface area (Å²) in [5.41, 5.74) is 2.00. The quantitative estimate of drug-likeness (QED) is 0.522. The lowest BCUT2D eigenvalue weighted by Gasteiger charge is -2.44. The largest absolute Gasteiger partial charge is 0.507 e. The van der Waals surface area contributed by atoms with Crippen molar-refractivity contribution >= 4 is 5.82 Å².